The number of anilines is 1. The van der Waals surface area contributed by atoms with Gasteiger partial charge in [0.15, 0.2) is 0 Å². The van der Waals surface area contributed by atoms with Crippen LogP contribution in [0, 0.1) is 5.41 Å². The van der Waals surface area contributed by atoms with Gasteiger partial charge in [0.25, 0.3) is 0 Å². The van der Waals surface area contributed by atoms with E-state index in [1.807, 2.05) is 9.80 Å². The first-order valence-electron chi connectivity index (χ1n) is 12.4. The highest BCUT2D eigenvalue weighted by molar-refractivity contribution is 6.42. The van der Waals surface area contributed by atoms with Gasteiger partial charge in [0.2, 0.25) is 11.8 Å². The molecule has 0 bridgehead atoms. The molecule has 34 heavy (non-hydrogen) atoms. The predicted octanol–water partition coefficient (Wildman–Crippen LogP) is 4.77. The third kappa shape index (κ3) is 4.61. The summed E-state index contributed by atoms with van der Waals surface area (Å²) in [5.74, 6) is 0.184. The molecule has 3 atom stereocenters. The van der Waals surface area contributed by atoms with Crippen molar-refractivity contribution in [3.63, 3.8) is 0 Å². The normalized spacial score (nSPS) is 27.7. The predicted molar refractivity (Wildman–Crippen MR) is 132 cm³/mol. The van der Waals surface area contributed by atoms with Crippen molar-refractivity contribution in [2.24, 2.45) is 5.41 Å². The minimum atomic E-state index is -0.563. The van der Waals surface area contributed by atoms with Crippen LogP contribution in [0.2, 0.25) is 10.0 Å². The number of amides is 4. The third-order valence-electron chi connectivity index (χ3n) is 8.36. The van der Waals surface area contributed by atoms with Crippen molar-refractivity contribution in [3.8, 4) is 0 Å². The monoisotopic (exact) mass is 506 g/mol. The van der Waals surface area contributed by atoms with E-state index in [0.29, 0.717) is 40.5 Å². The highest BCUT2D eigenvalue weighted by atomic mass is 35.5. The fourth-order valence-corrected chi connectivity index (χ4v) is 6.20. The number of carbonyl (C=O) groups excluding carboxylic acids is 3. The van der Waals surface area contributed by atoms with Crippen molar-refractivity contribution in [2.45, 2.75) is 76.4 Å². The second-order valence-electron chi connectivity index (χ2n) is 10.4. The molecule has 5 rings (SSSR count). The van der Waals surface area contributed by atoms with E-state index in [1.54, 1.807) is 30.0 Å². The molecule has 3 unspecified atom stereocenters. The lowest BCUT2D eigenvalue weighted by Crippen LogP contribution is -2.62. The van der Waals surface area contributed by atoms with Gasteiger partial charge in [0.1, 0.15) is 6.04 Å². The molecule has 3 aliphatic heterocycles. The Morgan fingerprint density at radius 3 is 2.50 bits per heavy atom. The fraction of sp³-hybridized carbons (Fsp3) is 0.640. The number of piperidine rings is 1. The molecule has 4 aliphatic rings. The van der Waals surface area contributed by atoms with Crippen LogP contribution in [0.25, 0.3) is 0 Å². The number of carbonyl (C=O) groups is 3. The van der Waals surface area contributed by atoms with Crippen molar-refractivity contribution in [2.75, 3.05) is 25.0 Å². The van der Waals surface area contributed by atoms with Gasteiger partial charge < -0.3 is 20.0 Å². The van der Waals surface area contributed by atoms with Crippen molar-refractivity contribution >= 4 is 46.7 Å². The molecule has 4 fully saturated rings. The van der Waals surface area contributed by atoms with E-state index in [-0.39, 0.29) is 29.9 Å². The molecule has 1 aliphatic carbocycles. The van der Waals surface area contributed by atoms with Crippen LogP contribution < -0.4 is 5.32 Å². The molecule has 3 heterocycles. The van der Waals surface area contributed by atoms with Crippen LogP contribution in [0.5, 0.6) is 0 Å². The molecule has 0 aromatic heterocycles. The number of likely N-dealkylation sites (tertiary alicyclic amines) is 1. The summed E-state index contributed by atoms with van der Waals surface area (Å²) in [5, 5.41) is 3.61. The summed E-state index contributed by atoms with van der Waals surface area (Å²) in [7, 11) is 0. The van der Waals surface area contributed by atoms with Crippen molar-refractivity contribution in [3.05, 3.63) is 28.2 Å². The van der Waals surface area contributed by atoms with Crippen LogP contribution in [0.4, 0.5) is 10.5 Å². The summed E-state index contributed by atoms with van der Waals surface area (Å²) in [6.07, 6.45) is 7.86. The number of rotatable bonds is 4. The van der Waals surface area contributed by atoms with Gasteiger partial charge in [-0.05, 0) is 75.5 Å². The van der Waals surface area contributed by atoms with E-state index in [4.69, 9.17) is 23.2 Å². The van der Waals surface area contributed by atoms with E-state index in [9.17, 15) is 14.4 Å². The summed E-state index contributed by atoms with van der Waals surface area (Å²) >= 11 is 12.0. The maximum atomic E-state index is 13.3. The van der Waals surface area contributed by atoms with Crippen LogP contribution in [-0.4, -0.2) is 70.3 Å². The second-order valence-corrected chi connectivity index (χ2v) is 11.3. The summed E-state index contributed by atoms with van der Waals surface area (Å²) < 4.78 is 0. The number of halogens is 2. The van der Waals surface area contributed by atoms with Crippen LogP contribution in [0.3, 0.4) is 0 Å². The van der Waals surface area contributed by atoms with Gasteiger partial charge in [-0.25, -0.2) is 4.79 Å². The van der Waals surface area contributed by atoms with E-state index in [0.717, 1.165) is 38.8 Å². The highest BCUT2D eigenvalue weighted by Crippen LogP contribution is 2.53. The molecule has 1 aromatic rings. The lowest BCUT2D eigenvalue weighted by atomic mass is 9.93. The van der Waals surface area contributed by atoms with Crippen molar-refractivity contribution < 1.29 is 14.4 Å². The molecule has 4 amide bonds. The van der Waals surface area contributed by atoms with Crippen LogP contribution in [-0.2, 0) is 9.59 Å². The summed E-state index contributed by atoms with van der Waals surface area (Å²) in [6, 6.07) is 4.09. The second kappa shape index (κ2) is 9.23. The van der Waals surface area contributed by atoms with Gasteiger partial charge in [-0.3, -0.25) is 9.59 Å². The summed E-state index contributed by atoms with van der Waals surface area (Å²) in [6.45, 7) is 4.02. The number of urea groups is 1. The van der Waals surface area contributed by atoms with Crippen LogP contribution in [0.15, 0.2) is 18.2 Å². The highest BCUT2D eigenvalue weighted by Gasteiger charge is 2.47. The maximum Gasteiger partial charge on any atom is 0.322 e. The Labute approximate surface area is 210 Å². The number of nitrogens with zero attached hydrogens (tertiary/aromatic N) is 3. The Morgan fingerprint density at radius 2 is 1.82 bits per heavy atom. The number of nitrogens with one attached hydrogen (secondary N) is 1. The molecule has 7 nitrogen and oxygen atoms in total. The number of benzene rings is 1. The minimum absolute atomic E-state index is 0.00642. The smallest absolute Gasteiger partial charge is 0.322 e. The SMILES string of the molecule is CC1C(=O)N2C(CCC(=O)N3CCC4(CC3)CC4)CCC2CN1C(=O)Nc1ccc(Cl)c(Cl)c1. The van der Waals surface area contributed by atoms with Gasteiger partial charge in [0, 0.05) is 43.8 Å². The number of hydrogen-bond acceptors (Lipinski definition) is 3. The van der Waals surface area contributed by atoms with Gasteiger partial charge in [-0.2, -0.15) is 0 Å². The first-order valence-corrected chi connectivity index (χ1v) is 13.1. The first-order chi connectivity index (χ1) is 16.3. The molecule has 1 aromatic carbocycles. The Kier molecular flexibility index (Phi) is 6.44. The van der Waals surface area contributed by atoms with Gasteiger partial charge in [0.05, 0.1) is 10.0 Å². The molecule has 1 N–H and O–H groups in total. The third-order valence-corrected chi connectivity index (χ3v) is 9.10. The summed E-state index contributed by atoms with van der Waals surface area (Å²) in [4.78, 5) is 44.6. The molecular formula is C25H32Cl2N4O3. The number of piperazine rings is 1. The van der Waals surface area contributed by atoms with E-state index in [1.165, 1.54) is 12.8 Å². The van der Waals surface area contributed by atoms with E-state index in [2.05, 4.69) is 5.32 Å². The summed E-state index contributed by atoms with van der Waals surface area (Å²) in [5.41, 5.74) is 1.10. The molecule has 3 saturated heterocycles. The van der Waals surface area contributed by atoms with Crippen molar-refractivity contribution in [1.29, 1.82) is 0 Å². The van der Waals surface area contributed by atoms with Crippen LogP contribution >= 0.6 is 23.2 Å². The molecule has 184 valence electrons. The lowest BCUT2D eigenvalue weighted by molar-refractivity contribution is -0.144. The Hall–Kier alpha value is -1.99. The van der Waals surface area contributed by atoms with Gasteiger partial charge in [-0.15, -0.1) is 0 Å². The number of hydrogen-bond donors (Lipinski definition) is 1. The van der Waals surface area contributed by atoms with Gasteiger partial charge >= 0.3 is 6.03 Å². The molecule has 9 heteroatoms. The van der Waals surface area contributed by atoms with E-state index >= 15 is 0 Å². The largest absolute Gasteiger partial charge is 0.343 e. The topological polar surface area (TPSA) is 73.0 Å². The standard InChI is InChI=1S/C25H32Cl2N4O3/c1-16-23(33)31-18(5-7-22(32)29-12-10-25(8-9-25)11-13-29)3-4-19(31)15-30(16)24(34)28-17-2-6-20(26)21(27)14-17/h2,6,14,16,18-19H,3-5,7-13,15H2,1H3,(H,28,34). The molecule has 0 radical (unpaired) electrons. The lowest BCUT2D eigenvalue weighted by Gasteiger charge is -2.43. The molecular weight excluding hydrogens is 475 g/mol. The zero-order valence-corrected chi connectivity index (χ0v) is 21.1. The number of fused-ring (bicyclic) bond motifs is 1. The first kappa shape index (κ1) is 23.7. The minimum Gasteiger partial charge on any atom is -0.343 e. The average molecular weight is 507 g/mol. The average Bonchev–Trinajstić information content (AvgIpc) is 3.44. The molecule has 1 spiro atoms. The zero-order valence-electron chi connectivity index (χ0n) is 19.6. The Balaban J connectivity index is 1.16. The Morgan fingerprint density at radius 1 is 1.09 bits per heavy atom. The molecule has 1 saturated carbocycles. The fourth-order valence-electron chi connectivity index (χ4n) is 5.90. The van der Waals surface area contributed by atoms with Gasteiger partial charge in [-0.1, -0.05) is 23.2 Å². The Bertz CT molecular complexity index is 988. The maximum absolute atomic E-state index is 13.3. The van der Waals surface area contributed by atoms with E-state index < -0.39 is 6.04 Å². The van der Waals surface area contributed by atoms with Crippen LogP contribution in [0.1, 0.15) is 58.3 Å². The van der Waals surface area contributed by atoms with Crippen molar-refractivity contribution in [1.82, 2.24) is 14.7 Å². The quantitative estimate of drug-likeness (QED) is 0.638. The zero-order chi connectivity index (χ0) is 24.0.